The van der Waals surface area contributed by atoms with Crippen LogP contribution in [0.1, 0.15) is 24.8 Å². The van der Waals surface area contributed by atoms with Gasteiger partial charge < -0.3 is 15.2 Å². The van der Waals surface area contributed by atoms with Crippen molar-refractivity contribution in [1.29, 1.82) is 0 Å². The fraction of sp³-hybridized carbons (Fsp3) is 0.500. The summed E-state index contributed by atoms with van der Waals surface area (Å²) in [4.78, 5) is 11.8. The molecule has 1 aliphatic carbocycles. The van der Waals surface area contributed by atoms with Crippen LogP contribution in [0.15, 0.2) is 24.3 Å². The normalized spacial score (nSPS) is 16.8. The Hall–Kier alpha value is -1.55. The third kappa shape index (κ3) is 3.01. The van der Waals surface area contributed by atoms with Crippen LogP contribution < -0.4 is 10.1 Å². The summed E-state index contributed by atoms with van der Waals surface area (Å²) < 4.78 is 5.19. The average Bonchev–Trinajstić information content (AvgIpc) is 2.35. The van der Waals surface area contributed by atoms with Gasteiger partial charge in [-0.2, -0.15) is 0 Å². The minimum absolute atomic E-state index is 0.0835. The van der Waals surface area contributed by atoms with Crippen LogP contribution in [0.5, 0.6) is 5.75 Å². The van der Waals surface area contributed by atoms with Gasteiger partial charge in [-0.1, -0.05) is 18.2 Å². The highest BCUT2D eigenvalue weighted by Gasteiger charge is 2.34. The van der Waals surface area contributed by atoms with Gasteiger partial charge in [-0.15, -0.1) is 0 Å². The Labute approximate surface area is 107 Å². The van der Waals surface area contributed by atoms with Crippen molar-refractivity contribution in [2.24, 2.45) is 0 Å². The number of rotatable bonds is 5. The summed E-state index contributed by atoms with van der Waals surface area (Å²) >= 11 is 0. The van der Waals surface area contributed by atoms with Gasteiger partial charge in [-0.25, -0.2) is 0 Å². The lowest BCUT2D eigenvalue weighted by Gasteiger charge is -2.36. The maximum absolute atomic E-state index is 11.8. The molecule has 0 aromatic heterocycles. The molecule has 0 aliphatic heterocycles. The molecule has 4 nitrogen and oxygen atoms in total. The molecule has 0 unspecified atom stereocenters. The van der Waals surface area contributed by atoms with E-state index in [1.807, 2.05) is 24.3 Å². The van der Waals surface area contributed by atoms with Crippen molar-refractivity contribution >= 4 is 5.91 Å². The number of benzene rings is 1. The lowest BCUT2D eigenvalue weighted by Crippen LogP contribution is -2.48. The van der Waals surface area contributed by atoms with E-state index in [-0.39, 0.29) is 12.3 Å². The summed E-state index contributed by atoms with van der Waals surface area (Å²) in [6, 6.07) is 7.46. The first-order valence-electron chi connectivity index (χ1n) is 6.24. The van der Waals surface area contributed by atoms with E-state index in [9.17, 15) is 9.90 Å². The number of nitrogens with one attached hydrogen (secondary N) is 1. The zero-order chi connectivity index (χ0) is 13.0. The third-order valence-electron chi connectivity index (χ3n) is 3.44. The molecule has 1 aromatic carbocycles. The summed E-state index contributed by atoms with van der Waals surface area (Å²) in [6.45, 7) is 0.348. The van der Waals surface area contributed by atoms with Crippen LogP contribution in [0, 0.1) is 0 Å². The Bertz CT molecular complexity index is 427. The van der Waals surface area contributed by atoms with Gasteiger partial charge in [-0.05, 0) is 25.3 Å². The van der Waals surface area contributed by atoms with Gasteiger partial charge >= 0.3 is 0 Å². The van der Waals surface area contributed by atoms with E-state index in [4.69, 9.17) is 4.74 Å². The molecule has 1 amide bonds. The standard InChI is InChI=1S/C14H19NO3/c1-18-12-6-3-2-5-11(12)9-13(16)15-10-14(17)7-4-8-14/h2-3,5-6,17H,4,7-10H2,1H3,(H,15,16). The first kappa shape index (κ1) is 12.9. The quantitative estimate of drug-likeness (QED) is 0.826. The molecule has 98 valence electrons. The smallest absolute Gasteiger partial charge is 0.224 e. The molecule has 0 radical (unpaired) electrons. The minimum Gasteiger partial charge on any atom is -0.496 e. The summed E-state index contributed by atoms with van der Waals surface area (Å²) in [7, 11) is 1.59. The number of aliphatic hydroxyl groups is 1. The highest BCUT2D eigenvalue weighted by atomic mass is 16.5. The lowest BCUT2D eigenvalue weighted by atomic mass is 9.80. The summed E-state index contributed by atoms with van der Waals surface area (Å²) in [5, 5.41) is 12.7. The zero-order valence-corrected chi connectivity index (χ0v) is 10.6. The maximum Gasteiger partial charge on any atom is 0.224 e. The molecule has 2 rings (SSSR count). The minimum atomic E-state index is -0.670. The van der Waals surface area contributed by atoms with Gasteiger partial charge in [-0.3, -0.25) is 4.79 Å². The predicted molar refractivity (Wildman–Crippen MR) is 68.5 cm³/mol. The Morgan fingerprint density at radius 1 is 1.44 bits per heavy atom. The Morgan fingerprint density at radius 2 is 2.17 bits per heavy atom. The lowest BCUT2D eigenvalue weighted by molar-refractivity contribution is -0.122. The number of carbonyl (C=O) groups is 1. The number of amides is 1. The SMILES string of the molecule is COc1ccccc1CC(=O)NCC1(O)CCC1. The van der Waals surface area contributed by atoms with E-state index < -0.39 is 5.60 Å². The van der Waals surface area contributed by atoms with E-state index >= 15 is 0 Å². The first-order chi connectivity index (χ1) is 8.63. The van der Waals surface area contributed by atoms with Crippen molar-refractivity contribution < 1.29 is 14.6 Å². The maximum atomic E-state index is 11.8. The molecule has 0 atom stereocenters. The van der Waals surface area contributed by atoms with E-state index in [0.717, 1.165) is 30.6 Å². The fourth-order valence-electron chi connectivity index (χ4n) is 2.11. The number of hydrogen-bond acceptors (Lipinski definition) is 3. The molecule has 0 saturated heterocycles. The van der Waals surface area contributed by atoms with E-state index in [0.29, 0.717) is 6.54 Å². The molecule has 0 heterocycles. The molecule has 1 aliphatic rings. The number of methoxy groups -OCH3 is 1. The number of carbonyl (C=O) groups excluding carboxylic acids is 1. The van der Waals surface area contributed by atoms with Crippen LogP contribution in [0.3, 0.4) is 0 Å². The van der Waals surface area contributed by atoms with E-state index in [1.165, 1.54) is 0 Å². The fourth-order valence-corrected chi connectivity index (χ4v) is 2.11. The van der Waals surface area contributed by atoms with Crippen LogP contribution in [0.25, 0.3) is 0 Å². The van der Waals surface area contributed by atoms with Gasteiger partial charge in [0.25, 0.3) is 0 Å². The van der Waals surface area contributed by atoms with Crippen molar-refractivity contribution in [2.45, 2.75) is 31.3 Å². The second-order valence-corrected chi connectivity index (χ2v) is 4.84. The monoisotopic (exact) mass is 249 g/mol. The topological polar surface area (TPSA) is 58.6 Å². The summed E-state index contributed by atoms with van der Waals surface area (Å²) in [5.74, 6) is 0.634. The Balaban J connectivity index is 1.86. The summed E-state index contributed by atoms with van der Waals surface area (Å²) in [6.07, 6.45) is 2.88. The van der Waals surface area contributed by atoms with Crippen LogP contribution >= 0.6 is 0 Å². The average molecular weight is 249 g/mol. The Kier molecular flexibility index (Phi) is 3.87. The van der Waals surface area contributed by atoms with E-state index in [2.05, 4.69) is 5.32 Å². The molecule has 0 spiro atoms. The molecular weight excluding hydrogens is 230 g/mol. The zero-order valence-electron chi connectivity index (χ0n) is 10.6. The molecule has 1 fully saturated rings. The molecule has 4 heteroatoms. The predicted octanol–water partition coefficient (Wildman–Crippen LogP) is 1.27. The highest BCUT2D eigenvalue weighted by molar-refractivity contribution is 5.79. The number of hydrogen-bond donors (Lipinski definition) is 2. The molecule has 18 heavy (non-hydrogen) atoms. The molecule has 0 bridgehead atoms. The largest absolute Gasteiger partial charge is 0.496 e. The van der Waals surface area contributed by atoms with Gasteiger partial charge in [0.05, 0.1) is 19.1 Å². The van der Waals surface area contributed by atoms with Crippen LogP contribution in [0.2, 0.25) is 0 Å². The summed E-state index contributed by atoms with van der Waals surface area (Å²) in [5.41, 5.74) is 0.189. The molecule has 1 saturated carbocycles. The van der Waals surface area contributed by atoms with Gasteiger partial charge in [0.15, 0.2) is 0 Å². The number of ether oxygens (including phenoxy) is 1. The number of para-hydroxylation sites is 1. The van der Waals surface area contributed by atoms with Gasteiger partial charge in [0.1, 0.15) is 5.75 Å². The van der Waals surface area contributed by atoms with E-state index in [1.54, 1.807) is 7.11 Å². The van der Waals surface area contributed by atoms with Crippen LogP contribution in [-0.4, -0.2) is 30.3 Å². The van der Waals surface area contributed by atoms with Crippen molar-refractivity contribution in [3.63, 3.8) is 0 Å². The first-order valence-corrected chi connectivity index (χ1v) is 6.24. The van der Waals surface area contributed by atoms with Crippen molar-refractivity contribution in [3.05, 3.63) is 29.8 Å². The van der Waals surface area contributed by atoms with Crippen molar-refractivity contribution in [1.82, 2.24) is 5.32 Å². The van der Waals surface area contributed by atoms with Crippen molar-refractivity contribution in [2.75, 3.05) is 13.7 Å². The van der Waals surface area contributed by atoms with Crippen molar-refractivity contribution in [3.8, 4) is 5.75 Å². The van der Waals surface area contributed by atoms with Gasteiger partial charge in [0.2, 0.25) is 5.91 Å². The van der Waals surface area contributed by atoms with Crippen LogP contribution in [-0.2, 0) is 11.2 Å². The third-order valence-corrected chi connectivity index (χ3v) is 3.44. The molecule has 1 aromatic rings. The molecular formula is C14H19NO3. The van der Waals surface area contributed by atoms with Crippen LogP contribution in [0.4, 0.5) is 0 Å². The second-order valence-electron chi connectivity index (χ2n) is 4.84. The van der Waals surface area contributed by atoms with Gasteiger partial charge in [0, 0.05) is 12.1 Å². The highest BCUT2D eigenvalue weighted by Crippen LogP contribution is 2.30. The second kappa shape index (κ2) is 5.40. The molecule has 2 N–H and O–H groups in total. The Morgan fingerprint density at radius 3 is 2.78 bits per heavy atom.